The molecule has 0 heterocycles. The summed E-state index contributed by atoms with van der Waals surface area (Å²) in [6.07, 6.45) is 1.53. The fraction of sp³-hybridized carbons (Fsp3) is 0.211. The molecule has 0 saturated heterocycles. The first-order valence-electron chi connectivity index (χ1n) is 7.42. The highest BCUT2D eigenvalue weighted by atomic mass is 35.5. The highest BCUT2D eigenvalue weighted by Gasteiger charge is 2.11. The Morgan fingerprint density at radius 2 is 1.92 bits per heavy atom. The van der Waals surface area contributed by atoms with Crippen molar-refractivity contribution in [1.29, 1.82) is 0 Å². The fourth-order valence-electron chi connectivity index (χ4n) is 2.30. The number of ether oxygens (including phenoxy) is 1. The minimum absolute atomic E-state index is 0.154. The van der Waals surface area contributed by atoms with Crippen molar-refractivity contribution in [3.05, 3.63) is 70.5 Å². The summed E-state index contributed by atoms with van der Waals surface area (Å²) in [7, 11) is 3.28. The quantitative estimate of drug-likeness (QED) is 0.743. The van der Waals surface area contributed by atoms with E-state index in [1.807, 2.05) is 6.92 Å². The summed E-state index contributed by atoms with van der Waals surface area (Å²) in [5, 5.41) is 0.588. The van der Waals surface area contributed by atoms with E-state index in [1.54, 1.807) is 49.4 Å². The van der Waals surface area contributed by atoms with Gasteiger partial charge in [-0.15, -0.1) is 0 Å². The zero-order chi connectivity index (χ0) is 17.7. The Balaban J connectivity index is 2.13. The standard InChI is InChI=1S/C19H19ClFNO2/c1-13(14-4-7-17(21)8-5-14)10-19(23)22(2)12-15-11-16(20)6-9-18(15)24-3/h4-11H,12H2,1-3H3/b13-10-. The predicted octanol–water partition coefficient (Wildman–Crippen LogP) is 4.55. The van der Waals surface area contributed by atoms with Crippen LogP contribution < -0.4 is 4.74 Å². The van der Waals surface area contributed by atoms with Crippen LogP contribution in [0.4, 0.5) is 4.39 Å². The van der Waals surface area contributed by atoms with Crippen LogP contribution in [0.1, 0.15) is 18.1 Å². The Morgan fingerprint density at radius 3 is 2.54 bits per heavy atom. The van der Waals surface area contributed by atoms with Crippen molar-refractivity contribution in [1.82, 2.24) is 4.90 Å². The second-order valence-corrected chi connectivity index (χ2v) is 5.92. The summed E-state index contributed by atoms with van der Waals surface area (Å²) in [5.74, 6) is 0.222. The number of nitrogens with zero attached hydrogens (tertiary/aromatic N) is 1. The number of hydrogen-bond acceptors (Lipinski definition) is 2. The third kappa shape index (κ3) is 4.59. The smallest absolute Gasteiger partial charge is 0.246 e. The van der Waals surface area contributed by atoms with Crippen molar-refractivity contribution in [2.75, 3.05) is 14.2 Å². The molecule has 2 rings (SSSR count). The molecule has 0 bridgehead atoms. The minimum Gasteiger partial charge on any atom is -0.496 e. The average molecular weight is 348 g/mol. The number of amides is 1. The van der Waals surface area contributed by atoms with Gasteiger partial charge < -0.3 is 9.64 Å². The van der Waals surface area contributed by atoms with Gasteiger partial charge in [0.15, 0.2) is 0 Å². The van der Waals surface area contributed by atoms with Gasteiger partial charge in [0.2, 0.25) is 5.91 Å². The molecular weight excluding hydrogens is 329 g/mol. The number of benzene rings is 2. The van der Waals surface area contributed by atoms with E-state index < -0.39 is 0 Å². The predicted molar refractivity (Wildman–Crippen MR) is 94.5 cm³/mol. The lowest BCUT2D eigenvalue weighted by Gasteiger charge is -2.18. The molecule has 0 radical (unpaired) electrons. The summed E-state index contributed by atoms with van der Waals surface area (Å²) in [4.78, 5) is 14.0. The third-order valence-corrected chi connectivity index (χ3v) is 3.90. The Labute approximate surface area is 146 Å². The number of rotatable bonds is 5. The molecule has 5 heteroatoms. The van der Waals surface area contributed by atoms with Crippen LogP contribution in [0.2, 0.25) is 5.02 Å². The molecule has 0 aliphatic rings. The van der Waals surface area contributed by atoms with E-state index in [4.69, 9.17) is 16.3 Å². The number of carbonyl (C=O) groups is 1. The van der Waals surface area contributed by atoms with Gasteiger partial charge in [0, 0.05) is 30.3 Å². The number of allylic oxidation sites excluding steroid dienone is 1. The number of methoxy groups -OCH3 is 1. The van der Waals surface area contributed by atoms with Crippen LogP contribution in [-0.2, 0) is 11.3 Å². The highest BCUT2D eigenvalue weighted by Crippen LogP contribution is 2.24. The fourth-order valence-corrected chi connectivity index (χ4v) is 2.49. The topological polar surface area (TPSA) is 29.5 Å². The summed E-state index contributed by atoms with van der Waals surface area (Å²) in [6.45, 7) is 2.19. The summed E-state index contributed by atoms with van der Waals surface area (Å²) < 4.78 is 18.3. The molecule has 24 heavy (non-hydrogen) atoms. The van der Waals surface area contributed by atoms with Crippen LogP contribution in [0.15, 0.2) is 48.5 Å². The molecule has 0 fully saturated rings. The largest absolute Gasteiger partial charge is 0.496 e. The van der Waals surface area contributed by atoms with Crippen LogP contribution in [0.3, 0.4) is 0 Å². The maximum atomic E-state index is 13.0. The van der Waals surface area contributed by atoms with Crippen molar-refractivity contribution in [2.45, 2.75) is 13.5 Å². The molecule has 0 aromatic heterocycles. The Bertz CT molecular complexity index is 756. The van der Waals surface area contributed by atoms with E-state index in [9.17, 15) is 9.18 Å². The maximum absolute atomic E-state index is 13.0. The normalized spacial score (nSPS) is 11.3. The minimum atomic E-state index is -0.303. The molecule has 0 saturated carbocycles. The first kappa shape index (κ1) is 18.0. The molecule has 0 N–H and O–H groups in total. The molecule has 126 valence electrons. The van der Waals surface area contributed by atoms with E-state index in [0.717, 1.165) is 16.7 Å². The molecule has 0 aliphatic carbocycles. The van der Waals surface area contributed by atoms with Gasteiger partial charge in [-0.05, 0) is 48.4 Å². The van der Waals surface area contributed by atoms with Crippen molar-refractivity contribution in [3.63, 3.8) is 0 Å². The molecular formula is C19H19ClFNO2. The maximum Gasteiger partial charge on any atom is 0.246 e. The molecule has 0 aliphatic heterocycles. The van der Waals surface area contributed by atoms with Gasteiger partial charge >= 0.3 is 0 Å². The van der Waals surface area contributed by atoms with E-state index in [2.05, 4.69) is 0 Å². The zero-order valence-corrected chi connectivity index (χ0v) is 14.6. The molecule has 2 aromatic rings. The Hall–Kier alpha value is -2.33. The van der Waals surface area contributed by atoms with Crippen LogP contribution in [-0.4, -0.2) is 25.0 Å². The van der Waals surface area contributed by atoms with Crippen LogP contribution in [0.5, 0.6) is 5.75 Å². The van der Waals surface area contributed by atoms with Gasteiger partial charge in [-0.3, -0.25) is 4.79 Å². The molecule has 1 amide bonds. The van der Waals surface area contributed by atoms with Crippen LogP contribution in [0.25, 0.3) is 5.57 Å². The summed E-state index contributed by atoms with van der Waals surface area (Å²) in [6, 6.07) is 11.3. The van der Waals surface area contributed by atoms with E-state index in [1.165, 1.54) is 18.2 Å². The summed E-state index contributed by atoms with van der Waals surface area (Å²) >= 11 is 6.01. The van der Waals surface area contributed by atoms with Crippen LogP contribution >= 0.6 is 11.6 Å². The monoisotopic (exact) mass is 347 g/mol. The third-order valence-electron chi connectivity index (χ3n) is 3.67. The molecule has 3 nitrogen and oxygen atoms in total. The van der Waals surface area contributed by atoms with Gasteiger partial charge in [-0.1, -0.05) is 23.7 Å². The van der Waals surface area contributed by atoms with Crippen molar-refractivity contribution < 1.29 is 13.9 Å². The number of likely N-dealkylation sites (N-methyl/N-ethyl adjacent to an activating group) is 1. The molecule has 0 spiro atoms. The van der Waals surface area contributed by atoms with Gasteiger partial charge in [-0.2, -0.15) is 0 Å². The average Bonchev–Trinajstić information content (AvgIpc) is 2.55. The van der Waals surface area contributed by atoms with Gasteiger partial charge in [0.05, 0.1) is 7.11 Å². The lowest BCUT2D eigenvalue weighted by atomic mass is 10.1. The number of hydrogen-bond donors (Lipinski definition) is 0. The number of halogens is 2. The lowest BCUT2D eigenvalue weighted by molar-refractivity contribution is -0.125. The van der Waals surface area contributed by atoms with Gasteiger partial charge in [0.25, 0.3) is 0 Å². The highest BCUT2D eigenvalue weighted by molar-refractivity contribution is 6.30. The van der Waals surface area contributed by atoms with E-state index in [-0.39, 0.29) is 11.7 Å². The van der Waals surface area contributed by atoms with Crippen molar-refractivity contribution in [2.24, 2.45) is 0 Å². The molecule has 2 aromatic carbocycles. The second kappa shape index (κ2) is 7.97. The van der Waals surface area contributed by atoms with E-state index in [0.29, 0.717) is 17.3 Å². The van der Waals surface area contributed by atoms with Crippen LogP contribution in [0, 0.1) is 5.82 Å². The first-order chi connectivity index (χ1) is 11.4. The Kier molecular flexibility index (Phi) is 5.99. The number of carbonyl (C=O) groups excluding carboxylic acids is 1. The van der Waals surface area contributed by atoms with Crippen molar-refractivity contribution in [3.8, 4) is 5.75 Å². The zero-order valence-electron chi connectivity index (χ0n) is 13.8. The lowest BCUT2D eigenvalue weighted by Crippen LogP contribution is -2.24. The SMILES string of the molecule is COc1ccc(Cl)cc1CN(C)C(=O)/C=C(/C)c1ccc(F)cc1. The van der Waals surface area contributed by atoms with Crippen molar-refractivity contribution >= 4 is 23.1 Å². The Morgan fingerprint density at radius 1 is 1.25 bits per heavy atom. The van der Waals surface area contributed by atoms with Gasteiger partial charge in [0.1, 0.15) is 11.6 Å². The van der Waals surface area contributed by atoms with E-state index >= 15 is 0 Å². The second-order valence-electron chi connectivity index (χ2n) is 5.48. The first-order valence-corrected chi connectivity index (χ1v) is 7.80. The molecule has 0 atom stereocenters. The molecule has 0 unspecified atom stereocenters. The summed E-state index contributed by atoms with van der Waals surface area (Å²) in [5.41, 5.74) is 2.40. The van der Waals surface area contributed by atoms with Gasteiger partial charge in [-0.25, -0.2) is 4.39 Å².